The van der Waals surface area contributed by atoms with E-state index in [1.54, 1.807) is 12.4 Å². The van der Waals surface area contributed by atoms with E-state index in [9.17, 15) is 4.79 Å². The molecule has 0 aliphatic carbocycles. The first kappa shape index (κ1) is 16.4. The van der Waals surface area contributed by atoms with Gasteiger partial charge >= 0.3 is 0 Å². The van der Waals surface area contributed by atoms with Crippen molar-refractivity contribution in [3.8, 4) is 0 Å². The Balaban J connectivity index is 1.40. The molecule has 0 spiro atoms. The minimum atomic E-state index is 0.0520. The van der Waals surface area contributed by atoms with Crippen LogP contribution in [0.5, 0.6) is 0 Å². The molecular weight excluding hydrogens is 306 g/mol. The molecule has 1 amide bonds. The standard InChI is InChI=1S/C17H23N5O2/c1-2-16-20-17(21-24-16)22-8-5-13(6-9-22)12-19-15(23)10-14-4-3-7-18-11-14/h3-4,7,11,13H,2,5-6,8-10,12H2,1H3,(H,19,23). The monoisotopic (exact) mass is 329 g/mol. The maximum absolute atomic E-state index is 12.0. The first-order valence-electron chi connectivity index (χ1n) is 8.47. The quantitative estimate of drug-likeness (QED) is 0.866. The van der Waals surface area contributed by atoms with Gasteiger partial charge in [0.25, 0.3) is 5.95 Å². The van der Waals surface area contributed by atoms with E-state index >= 15 is 0 Å². The molecule has 128 valence electrons. The summed E-state index contributed by atoms with van der Waals surface area (Å²) in [6, 6.07) is 3.76. The number of piperidine rings is 1. The second-order valence-corrected chi connectivity index (χ2v) is 6.11. The summed E-state index contributed by atoms with van der Waals surface area (Å²) in [5.41, 5.74) is 0.939. The molecule has 0 radical (unpaired) electrons. The molecule has 1 fully saturated rings. The number of rotatable bonds is 6. The minimum absolute atomic E-state index is 0.0520. The van der Waals surface area contributed by atoms with Crippen molar-refractivity contribution in [2.24, 2.45) is 5.92 Å². The number of hydrogen-bond donors (Lipinski definition) is 1. The molecule has 0 saturated carbocycles. The molecule has 1 N–H and O–H groups in total. The van der Waals surface area contributed by atoms with Crippen molar-refractivity contribution < 1.29 is 9.32 Å². The zero-order chi connectivity index (χ0) is 16.8. The lowest BCUT2D eigenvalue weighted by Crippen LogP contribution is -2.39. The van der Waals surface area contributed by atoms with E-state index in [0.717, 1.165) is 44.5 Å². The average molecular weight is 329 g/mol. The minimum Gasteiger partial charge on any atom is -0.356 e. The molecule has 7 nitrogen and oxygen atoms in total. The molecule has 3 heterocycles. The maximum Gasteiger partial charge on any atom is 0.266 e. The van der Waals surface area contributed by atoms with E-state index in [-0.39, 0.29) is 5.91 Å². The molecular formula is C17H23N5O2. The van der Waals surface area contributed by atoms with Gasteiger partial charge < -0.3 is 14.7 Å². The maximum atomic E-state index is 12.0. The highest BCUT2D eigenvalue weighted by Gasteiger charge is 2.22. The van der Waals surface area contributed by atoms with Crippen molar-refractivity contribution in [3.05, 3.63) is 36.0 Å². The third kappa shape index (κ3) is 4.31. The summed E-state index contributed by atoms with van der Waals surface area (Å²) in [5.74, 6) is 1.91. The number of aryl methyl sites for hydroxylation is 1. The van der Waals surface area contributed by atoms with Gasteiger partial charge in [-0.2, -0.15) is 4.98 Å². The molecule has 3 rings (SSSR count). The van der Waals surface area contributed by atoms with Crippen LogP contribution in [0.4, 0.5) is 5.95 Å². The molecule has 1 saturated heterocycles. The van der Waals surface area contributed by atoms with Crippen LogP contribution in [0.2, 0.25) is 0 Å². The first-order valence-corrected chi connectivity index (χ1v) is 8.47. The molecule has 2 aromatic heterocycles. The highest BCUT2D eigenvalue weighted by molar-refractivity contribution is 5.78. The van der Waals surface area contributed by atoms with Gasteiger partial charge in [-0.15, -0.1) is 0 Å². The van der Waals surface area contributed by atoms with Crippen LogP contribution in [0, 0.1) is 5.92 Å². The number of nitrogens with one attached hydrogen (secondary N) is 1. The average Bonchev–Trinajstić information content (AvgIpc) is 3.10. The molecule has 0 atom stereocenters. The van der Waals surface area contributed by atoms with Crippen LogP contribution in [-0.4, -0.2) is 40.7 Å². The Labute approximate surface area is 141 Å². The number of amides is 1. The number of anilines is 1. The summed E-state index contributed by atoms with van der Waals surface area (Å²) < 4.78 is 5.16. The molecule has 1 aliphatic heterocycles. The molecule has 0 bridgehead atoms. The number of pyridine rings is 1. The lowest BCUT2D eigenvalue weighted by atomic mass is 9.97. The van der Waals surface area contributed by atoms with Gasteiger partial charge in [0.15, 0.2) is 0 Å². The topological polar surface area (TPSA) is 84.2 Å². The first-order chi connectivity index (χ1) is 11.7. The summed E-state index contributed by atoms with van der Waals surface area (Å²) in [6.07, 6.45) is 6.62. The normalized spacial score (nSPS) is 15.5. The van der Waals surface area contributed by atoms with E-state index in [1.807, 2.05) is 19.1 Å². The van der Waals surface area contributed by atoms with E-state index in [4.69, 9.17) is 4.52 Å². The predicted octanol–water partition coefficient (Wildman–Crippen LogP) is 1.60. The van der Waals surface area contributed by atoms with E-state index in [2.05, 4.69) is 25.3 Å². The van der Waals surface area contributed by atoms with Crippen molar-refractivity contribution >= 4 is 11.9 Å². The SMILES string of the molecule is CCc1nc(N2CCC(CNC(=O)Cc3cccnc3)CC2)no1. The van der Waals surface area contributed by atoms with Gasteiger partial charge in [0.1, 0.15) is 0 Å². The van der Waals surface area contributed by atoms with E-state index < -0.39 is 0 Å². The van der Waals surface area contributed by atoms with Gasteiger partial charge in [0.2, 0.25) is 11.8 Å². The van der Waals surface area contributed by atoms with Gasteiger partial charge in [0, 0.05) is 38.4 Å². The van der Waals surface area contributed by atoms with Gasteiger partial charge in [0.05, 0.1) is 6.42 Å². The second-order valence-electron chi connectivity index (χ2n) is 6.11. The fourth-order valence-electron chi connectivity index (χ4n) is 2.86. The third-order valence-electron chi connectivity index (χ3n) is 4.33. The summed E-state index contributed by atoms with van der Waals surface area (Å²) in [5, 5.41) is 7.05. The third-order valence-corrected chi connectivity index (χ3v) is 4.33. The number of nitrogens with zero attached hydrogens (tertiary/aromatic N) is 4. The molecule has 0 unspecified atom stereocenters. The van der Waals surface area contributed by atoms with Crippen LogP contribution in [0.15, 0.2) is 29.0 Å². The number of hydrogen-bond acceptors (Lipinski definition) is 6. The van der Waals surface area contributed by atoms with Crippen molar-refractivity contribution in [3.63, 3.8) is 0 Å². The highest BCUT2D eigenvalue weighted by Crippen LogP contribution is 2.20. The number of carbonyl (C=O) groups excluding carboxylic acids is 1. The summed E-state index contributed by atoms with van der Waals surface area (Å²) in [7, 11) is 0. The Hall–Kier alpha value is -2.44. The lowest BCUT2D eigenvalue weighted by molar-refractivity contribution is -0.120. The molecule has 24 heavy (non-hydrogen) atoms. The largest absolute Gasteiger partial charge is 0.356 e. The van der Waals surface area contributed by atoms with Crippen molar-refractivity contribution in [2.45, 2.75) is 32.6 Å². The molecule has 7 heteroatoms. The zero-order valence-electron chi connectivity index (χ0n) is 13.9. The Bertz CT molecular complexity index is 650. The van der Waals surface area contributed by atoms with Crippen LogP contribution in [0.25, 0.3) is 0 Å². The number of carbonyl (C=O) groups is 1. The fourth-order valence-corrected chi connectivity index (χ4v) is 2.86. The summed E-state index contributed by atoms with van der Waals surface area (Å²) in [4.78, 5) is 22.5. The predicted molar refractivity (Wildman–Crippen MR) is 89.6 cm³/mol. The van der Waals surface area contributed by atoms with Crippen LogP contribution in [0.3, 0.4) is 0 Å². The summed E-state index contributed by atoms with van der Waals surface area (Å²) in [6.45, 7) is 4.51. The number of aromatic nitrogens is 3. The Morgan fingerprint density at radius 2 is 2.25 bits per heavy atom. The summed E-state index contributed by atoms with van der Waals surface area (Å²) >= 11 is 0. The molecule has 1 aliphatic rings. The van der Waals surface area contributed by atoms with Gasteiger partial charge in [-0.3, -0.25) is 9.78 Å². The van der Waals surface area contributed by atoms with Crippen LogP contribution in [0.1, 0.15) is 31.2 Å². The Morgan fingerprint density at radius 1 is 1.42 bits per heavy atom. The van der Waals surface area contributed by atoms with Gasteiger partial charge in [-0.1, -0.05) is 13.0 Å². The van der Waals surface area contributed by atoms with Crippen LogP contribution < -0.4 is 10.2 Å². The van der Waals surface area contributed by atoms with Crippen molar-refractivity contribution in [2.75, 3.05) is 24.5 Å². The fraction of sp³-hybridized carbons (Fsp3) is 0.529. The van der Waals surface area contributed by atoms with Crippen LogP contribution in [-0.2, 0) is 17.6 Å². The molecule has 2 aromatic rings. The molecule has 0 aromatic carbocycles. The zero-order valence-corrected chi connectivity index (χ0v) is 13.9. The van der Waals surface area contributed by atoms with Crippen molar-refractivity contribution in [1.29, 1.82) is 0 Å². The van der Waals surface area contributed by atoms with E-state index in [0.29, 0.717) is 24.2 Å². The van der Waals surface area contributed by atoms with E-state index in [1.165, 1.54) is 0 Å². The van der Waals surface area contributed by atoms with Crippen molar-refractivity contribution in [1.82, 2.24) is 20.4 Å². The van der Waals surface area contributed by atoms with Gasteiger partial charge in [-0.25, -0.2) is 0 Å². The second kappa shape index (κ2) is 7.90. The Morgan fingerprint density at radius 3 is 2.92 bits per heavy atom. The van der Waals surface area contributed by atoms with Crippen LogP contribution >= 0.6 is 0 Å². The lowest BCUT2D eigenvalue weighted by Gasteiger charge is -2.30. The Kier molecular flexibility index (Phi) is 5.40. The smallest absolute Gasteiger partial charge is 0.266 e. The highest BCUT2D eigenvalue weighted by atomic mass is 16.5. The van der Waals surface area contributed by atoms with Gasteiger partial charge in [-0.05, 0) is 35.5 Å².